The molecule has 0 unspecified atom stereocenters. The van der Waals surface area contributed by atoms with Gasteiger partial charge >= 0.3 is 0 Å². The molecule has 0 aliphatic carbocycles. The van der Waals surface area contributed by atoms with Gasteiger partial charge in [0.25, 0.3) is 0 Å². The molecule has 0 spiro atoms. The van der Waals surface area contributed by atoms with Crippen molar-refractivity contribution >= 4 is 10.4 Å². The van der Waals surface area contributed by atoms with Crippen molar-refractivity contribution in [3.8, 4) is 0 Å². The van der Waals surface area contributed by atoms with Crippen LogP contribution in [0.5, 0.6) is 0 Å². The Morgan fingerprint density at radius 2 is 0.913 bits per heavy atom. The van der Waals surface area contributed by atoms with Crippen LogP contribution < -0.4 is 9.97 Å². The quantitative estimate of drug-likeness (QED) is 0.443. The SMILES string of the molecule is O=S(=O)([O-])[O-].c1cc[nH+]cc1.c1cc[nH+]cc1.c1ccncc1. The summed E-state index contributed by atoms with van der Waals surface area (Å²) in [5.74, 6) is 0. The average Bonchev–Trinajstić information content (AvgIpc) is 2.59. The van der Waals surface area contributed by atoms with E-state index in [4.69, 9.17) is 17.5 Å². The number of aromatic nitrogens is 3. The third kappa shape index (κ3) is 24.7. The Morgan fingerprint density at radius 1 is 0.609 bits per heavy atom. The van der Waals surface area contributed by atoms with Gasteiger partial charge in [-0.3, -0.25) is 13.4 Å². The molecule has 2 N–H and O–H groups in total. The maximum absolute atomic E-state index is 8.52. The maximum Gasteiger partial charge on any atom is 0.166 e. The first-order chi connectivity index (χ1) is 11.0. The third-order valence-electron chi connectivity index (χ3n) is 1.78. The highest BCUT2D eigenvalue weighted by atomic mass is 32.3. The number of nitrogens with zero attached hydrogens (tertiary/aromatic N) is 1. The fraction of sp³-hybridized carbons (Fsp3) is 0. The molecule has 0 saturated carbocycles. The summed E-state index contributed by atoms with van der Waals surface area (Å²) >= 11 is 0. The second-order valence-electron chi connectivity index (χ2n) is 3.59. The van der Waals surface area contributed by atoms with E-state index < -0.39 is 10.4 Å². The summed E-state index contributed by atoms with van der Waals surface area (Å²) < 4.78 is 34.1. The summed E-state index contributed by atoms with van der Waals surface area (Å²) in [4.78, 5) is 9.57. The molecule has 0 aliphatic heterocycles. The molecule has 7 nitrogen and oxygen atoms in total. The van der Waals surface area contributed by atoms with Crippen molar-refractivity contribution in [2.45, 2.75) is 0 Å². The Kier molecular flexibility index (Phi) is 12.6. The zero-order valence-electron chi connectivity index (χ0n) is 12.1. The molecule has 122 valence electrons. The normalized spacial score (nSPS) is 8.78. The Hall–Kier alpha value is -2.68. The smallest absolute Gasteiger partial charge is 0.166 e. The summed E-state index contributed by atoms with van der Waals surface area (Å²) in [6.45, 7) is 0. The highest BCUT2D eigenvalue weighted by molar-refractivity contribution is 7.79. The summed E-state index contributed by atoms with van der Waals surface area (Å²) in [6.07, 6.45) is 11.0. The van der Waals surface area contributed by atoms with E-state index in [0.29, 0.717) is 0 Å². The molecule has 0 saturated heterocycles. The van der Waals surface area contributed by atoms with Crippen LogP contribution in [0.4, 0.5) is 0 Å². The Morgan fingerprint density at radius 3 is 1.00 bits per heavy atom. The van der Waals surface area contributed by atoms with Crippen molar-refractivity contribution in [2.75, 3.05) is 0 Å². The molecule has 0 aromatic carbocycles. The van der Waals surface area contributed by atoms with Crippen LogP contribution in [0.25, 0.3) is 0 Å². The minimum absolute atomic E-state index is 1.75. The van der Waals surface area contributed by atoms with Gasteiger partial charge < -0.3 is 9.11 Å². The van der Waals surface area contributed by atoms with Gasteiger partial charge in [0, 0.05) is 47.1 Å². The van der Waals surface area contributed by atoms with Crippen LogP contribution in [0.3, 0.4) is 0 Å². The van der Waals surface area contributed by atoms with Gasteiger partial charge in [0.1, 0.15) is 0 Å². The number of pyridine rings is 3. The lowest BCUT2D eigenvalue weighted by molar-refractivity contribution is -0.378. The van der Waals surface area contributed by atoms with Gasteiger partial charge in [-0.2, -0.15) is 0 Å². The van der Waals surface area contributed by atoms with E-state index in [-0.39, 0.29) is 0 Å². The predicted molar refractivity (Wildman–Crippen MR) is 80.7 cm³/mol. The van der Waals surface area contributed by atoms with Crippen molar-refractivity contribution < 1.29 is 27.5 Å². The van der Waals surface area contributed by atoms with E-state index >= 15 is 0 Å². The molecule has 0 aliphatic rings. The summed E-state index contributed by atoms with van der Waals surface area (Å²) in [7, 11) is -5.17. The lowest BCUT2D eigenvalue weighted by Gasteiger charge is -2.06. The zero-order valence-corrected chi connectivity index (χ0v) is 13.0. The van der Waals surface area contributed by atoms with Gasteiger partial charge in [0.2, 0.25) is 0 Å². The number of nitrogens with one attached hydrogen (secondary N) is 2. The van der Waals surface area contributed by atoms with Crippen molar-refractivity contribution in [1.29, 1.82) is 0 Å². The molecule has 3 rings (SSSR count). The number of H-pyrrole nitrogens is 2. The highest BCUT2D eigenvalue weighted by Gasteiger charge is 1.66. The predicted octanol–water partition coefficient (Wildman–Crippen LogP) is 0.745. The largest absolute Gasteiger partial charge is 0.759 e. The zero-order chi connectivity index (χ0) is 17.2. The van der Waals surface area contributed by atoms with E-state index in [1.54, 1.807) is 12.4 Å². The first-order valence-electron chi connectivity index (χ1n) is 6.34. The van der Waals surface area contributed by atoms with Gasteiger partial charge in [-0.05, 0) is 12.1 Å². The van der Waals surface area contributed by atoms with Crippen LogP contribution in [0.15, 0.2) is 91.8 Å². The van der Waals surface area contributed by atoms with Gasteiger partial charge in [-0.25, -0.2) is 9.97 Å². The van der Waals surface area contributed by atoms with E-state index in [2.05, 4.69) is 15.0 Å². The number of hydrogen-bond acceptors (Lipinski definition) is 5. The molecule has 8 heteroatoms. The van der Waals surface area contributed by atoms with Crippen molar-refractivity contribution in [2.24, 2.45) is 0 Å². The van der Waals surface area contributed by atoms with Crippen LogP contribution in [0, 0.1) is 0 Å². The molecular weight excluding hydrogens is 318 g/mol. The van der Waals surface area contributed by atoms with Crippen molar-refractivity contribution in [1.82, 2.24) is 4.98 Å². The minimum Gasteiger partial charge on any atom is -0.759 e. The molecule has 3 aromatic heterocycles. The van der Waals surface area contributed by atoms with Crippen molar-refractivity contribution in [3.63, 3.8) is 0 Å². The fourth-order valence-corrected chi connectivity index (χ4v) is 0.996. The Balaban J connectivity index is 0.000000282. The average molecular weight is 335 g/mol. The lowest BCUT2D eigenvalue weighted by Crippen LogP contribution is -1.93. The summed E-state index contributed by atoms with van der Waals surface area (Å²) in [5.41, 5.74) is 0. The Labute approximate surface area is 135 Å². The summed E-state index contributed by atoms with van der Waals surface area (Å²) in [5, 5.41) is 0. The molecule has 3 heterocycles. The van der Waals surface area contributed by atoms with Gasteiger partial charge in [0.05, 0.1) is 0 Å². The highest BCUT2D eigenvalue weighted by Crippen LogP contribution is 1.73. The summed E-state index contributed by atoms with van der Waals surface area (Å²) in [6, 6.07) is 17.4. The number of hydrogen-bond donors (Lipinski definition) is 0. The van der Waals surface area contributed by atoms with Gasteiger partial charge in [-0.15, -0.1) is 0 Å². The topological polar surface area (TPSA) is 121 Å². The van der Waals surface area contributed by atoms with Crippen LogP contribution in [-0.2, 0) is 10.4 Å². The molecule has 0 atom stereocenters. The second-order valence-corrected chi connectivity index (χ2v) is 4.40. The monoisotopic (exact) mass is 335 g/mol. The fourth-order valence-electron chi connectivity index (χ4n) is 0.996. The van der Waals surface area contributed by atoms with Crippen LogP contribution in [0.1, 0.15) is 0 Å². The lowest BCUT2D eigenvalue weighted by atomic mass is 10.5. The minimum atomic E-state index is -5.17. The second kappa shape index (κ2) is 14.3. The van der Waals surface area contributed by atoms with E-state index in [9.17, 15) is 0 Å². The van der Waals surface area contributed by atoms with Crippen LogP contribution in [0.2, 0.25) is 0 Å². The first kappa shape index (κ1) is 20.3. The van der Waals surface area contributed by atoms with Gasteiger partial charge in [0.15, 0.2) is 24.8 Å². The number of aromatic amines is 2. The third-order valence-corrected chi connectivity index (χ3v) is 1.78. The molecule has 3 aromatic rings. The van der Waals surface area contributed by atoms with Crippen molar-refractivity contribution in [3.05, 3.63) is 91.8 Å². The standard InChI is InChI=1S/3C5H5N.H2O4S/c3*1-2-4-6-5-3-1;1-5(2,3)4/h3*1-5H;(H2,1,2,3,4). The number of rotatable bonds is 0. The van der Waals surface area contributed by atoms with Gasteiger partial charge in [-0.1, -0.05) is 18.2 Å². The van der Waals surface area contributed by atoms with E-state index in [1.807, 2.05) is 79.4 Å². The maximum atomic E-state index is 8.52. The first-order valence-corrected chi connectivity index (χ1v) is 7.67. The van der Waals surface area contributed by atoms with Crippen LogP contribution >= 0.6 is 0 Å². The Bertz CT molecular complexity index is 506. The van der Waals surface area contributed by atoms with Crippen LogP contribution in [-0.4, -0.2) is 22.5 Å². The van der Waals surface area contributed by atoms with E-state index in [0.717, 1.165) is 0 Å². The molecule has 0 fully saturated rings. The van der Waals surface area contributed by atoms with E-state index in [1.165, 1.54) is 0 Å². The molecular formula is C15H17N3O4S. The molecule has 0 amide bonds. The molecule has 23 heavy (non-hydrogen) atoms. The molecule has 0 bridgehead atoms. The molecule has 0 radical (unpaired) electrons.